The number of ether oxygens (including phenoxy) is 1. The zero-order valence-corrected chi connectivity index (χ0v) is 9.66. The van der Waals surface area contributed by atoms with Crippen LogP contribution >= 0.6 is 0 Å². The van der Waals surface area contributed by atoms with Crippen LogP contribution in [0, 0.1) is 0 Å². The van der Waals surface area contributed by atoms with Crippen molar-refractivity contribution in [2.75, 3.05) is 40.9 Å². The van der Waals surface area contributed by atoms with Crippen LogP contribution in [-0.4, -0.2) is 56.7 Å². The second kappa shape index (κ2) is 7.44. The van der Waals surface area contributed by atoms with Crippen LogP contribution in [0.2, 0.25) is 0 Å². The molecule has 0 saturated carbocycles. The Morgan fingerprint density at radius 1 is 1.36 bits per heavy atom. The SMILES string of the molecule is CCOCCCN(C)/C(=N/N)N(C)C. The fourth-order valence-electron chi connectivity index (χ4n) is 1.20. The Morgan fingerprint density at radius 2 is 2.00 bits per heavy atom. The minimum atomic E-state index is 0.773. The van der Waals surface area contributed by atoms with Gasteiger partial charge in [0.15, 0.2) is 0 Å². The van der Waals surface area contributed by atoms with Gasteiger partial charge in [0.25, 0.3) is 0 Å². The average Bonchev–Trinajstić information content (AvgIpc) is 2.13. The summed E-state index contributed by atoms with van der Waals surface area (Å²) < 4.78 is 5.25. The van der Waals surface area contributed by atoms with Gasteiger partial charge in [-0.05, 0) is 13.3 Å². The number of guanidine groups is 1. The summed E-state index contributed by atoms with van der Waals surface area (Å²) >= 11 is 0. The quantitative estimate of drug-likeness (QED) is 0.226. The van der Waals surface area contributed by atoms with E-state index in [2.05, 4.69) is 5.10 Å². The van der Waals surface area contributed by atoms with Crippen molar-refractivity contribution >= 4 is 5.96 Å². The van der Waals surface area contributed by atoms with Crippen LogP contribution in [-0.2, 0) is 4.74 Å². The highest BCUT2D eigenvalue weighted by molar-refractivity contribution is 5.78. The lowest BCUT2D eigenvalue weighted by atomic mass is 10.4. The second-order valence-electron chi connectivity index (χ2n) is 3.30. The molecule has 0 radical (unpaired) electrons. The first-order valence-electron chi connectivity index (χ1n) is 4.87. The Labute approximate surface area is 86.5 Å². The Bertz CT molecular complexity index is 170. The van der Waals surface area contributed by atoms with Crippen LogP contribution in [0.3, 0.4) is 0 Å². The van der Waals surface area contributed by atoms with Gasteiger partial charge in [-0.15, -0.1) is 5.10 Å². The summed E-state index contributed by atoms with van der Waals surface area (Å²) in [4.78, 5) is 3.90. The molecule has 0 aliphatic heterocycles. The van der Waals surface area contributed by atoms with Crippen molar-refractivity contribution in [3.05, 3.63) is 0 Å². The zero-order valence-electron chi connectivity index (χ0n) is 9.66. The van der Waals surface area contributed by atoms with Gasteiger partial charge in [0.2, 0.25) is 5.96 Å². The average molecular weight is 202 g/mol. The summed E-state index contributed by atoms with van der Waals surface area (Å²) in [5.41, 5.74) is 0. The topological polar surface area (TPSA) is 54.1 Å². The molecule has 5 heteroatoms. The van der Waals surface area contributed by atoms with Crippen molar-refractivity contribution in [1.29, 1.82) is 0 Å². The normalized spacial score (nSPS) is 11.6. The summed E-state index contributed by atoms with van der Waals surface area (Å²) in [6.07, 6.45) is 0.983. The molecular formula is C9H22N4O. The zero-order chi connectivity index (χ0) is 11.0. The highest BCUT2D eigenvalue weighted by Gasteiger charge is 2.07. The molecule has 14 heavy (non-hydrogen) atoms. The summed E-state index contributed by atoms with van der Waals surface area (Å²) in [5, 5.41) is 3.71. The van der Waals surface area contributed by atoms with Gasteiger partial charge in [0.1, 0.15) is 0 Å². The van der Waals surface area contributed by atoms with E-state index in [-0.39, 0.29) is 0 Å². The molecule has 0 aromatic heterocycles. The Balaban J connectivity index is 3.76. The second-order valence-corrected chi connectivity index (χ2v) is 3.30. The molecule has 0 bridgehead atoms. The minimum absolute atomic E-state index is 0.773. The fraction of sp³-hybridized carbons (Fsp3) is 0.889. The maximum Gasteiger partial charge on any atom is 0.217 e. The van der Waals surface area contributed by atoms with E-state index in [0.717, 1.165) is 32.1 Å². The van der Waals surface area contributed by atoms with Crippen molar-refractivity contribution in [3.63, 3.8) is 0 Å². The number of hydrogen-bond acceptors (Lipinski definition) is 3. The lowest BCUT2D eigenvalue weighted by Crippen LogP contribution is -2.39. The van der Waals surface area contributed by atoms with Crippen LogP contribution in [0.25, 0.3) is 0 Å². The number of hydrazone groups is 1. The molecule has 0 spiro atoms. The van der Waals surface area contributed by atoms with Gasteiger partial charge < -0.3 is 20.4 Å². The third-order valence-electron chi connectivity index (χ3n) is 1.84. The van der Waals surface area contributed by atoms with E-state index in [4.69, 9.17) is 10.6 Å². The van der Waals surface area contributed by atoms with Gasteiger partial charge in [-0.3, -0.25) is 0 Å². The van der Waals surface area contributed by atoms with Crippen LogP contribution in [0.15, 0.2) is 5.10 Å². The van der Waals surface area contributed by atoms with E-state index in [1.54, 1.807) is 0 Å². The molecule has 0 heterocycles. The lowest BCUT2D eigenvalue weighted by Gasteiger charge is -2.25. The van der Waals surface area contributed by atoms with Crippen molar-refractivity contribution in [1.82, 2.24) is 9.80 Å². The van der Waals surface area contributed by atoms with Crippen molar-refractivity contribution in [2.24, 2.45) is 10.9 Å². The largest absolute Gasteiger partial charge is 0.382 e. The molecule has 0 fully saturated rings. The van der Waals surface area contributed by atoms with Crippen LogP contribution in [0.1, 0.15) is 13.3 Å². The van der Waals surface area contributed by atoms with Crippen LogP contribution < -0.4 is 5.84 Å². The minimum Gasteiger partial charge on any atom is -0.382 e. The molecule has 84 valence electrons. The Morgan fingerprint density at radius 3 is 2.43 bits per heavy atom. The van der Waals surface area contributed by atoms with E-state index >= 15 is 0 Å². The molecule has 0 aliphatic rings. The third-order valence-corrected chi connectivity index (χ3v) is 1.84. The number of hydrogen-bond donors (Lipinski definition) is 1. The van der Waals surface area contributed by atoms with E-state index in [1.165, 1.54) is 0 Å². The smallest absolute Gasteiger partial charge is 0.217 e. The van der Waals surface area contributed by atoms with Crippen LogP contribution in [0.4, 0.5) is 0 Å². The molecule has 5 nitrogen and oxygen atoms in total. The summed E-state index contributed by atoms with van der Waals surface area (Å²) in [6.45, 7) is 4.45. The Kier molecular flexibility index (Phi) is 6.92. The van der Waals surface area contributed by atoms with E-state index in [9.17, 15) is 0 Å². The number of rotatable bonds is 5. The van der Waals surface area contributed by atoms with Crippen molar-refractivity contribution < 1.29 is 4.74 Å². The third kappa shape index (κ3) is 4.91. The molecule has 0 rings (SSSR count). The van der Waals surface area contributed by atoms with Gasteiger partial charge >= 0.3 is 0 Å². The summed E-state index contributed by atoms with van der Waals surface area (Å²) in [6, 6.07) is 0. The van der Waals surface area contributed by atoms with E-state index < -0.39 is 0 Å². The van der Waals surface area contributed by atoms with Gasteiger partial charge in [-0.25, -0.2) is 0 Å². The van der Waals surface area contributed by atoms with E-state index in [1.807, 2.05) is 37.9 Å². The number of nitrogens with zero attached hydrogens (tertiary/aromatic N) is 3. The fourth-order valence-corrected chi connectivity index (χ4v) is 1.20. The molecule has 2 N–H and O–H groups in total. The predicted octanol–water partition coefficient (Wildman–Crippen LogP) is 0.136. The van der Waals surface area contributed by atoms with Gasteiger partial charge in [0, 0.05) is 40.9 Å². The van der Waals surface area contributed by atoms with Gasteiger partial charge in [-0.2, -0.15) is 0 Å². The lowest BCUT2D eigenvalue weighted by molar-refractivity contribution is 0.140. The van der Waals surface area contributed by atoms with Gasteiger partial charge in [0.05, 0.1) is 0 Å². The summed E-state index contributed by atoms with van der Waals surface area (Å²) in [7, 11) is 5.81. The van der Waals surface area contributed by atoms with Gasteiger partial charge in [-0.1, -0.05) is 0 Å². The summed E-state index contributed by atoms with van der Waals surface area (Å²) in [5.74, 6) is 6.06. The standard InChI is InChI=1S/C9H22N4O/c1-5-14-8-6-7-13(4)9(11-10)12(2)3/h5-8,10H2,1-4H3/b11-9+. The molecule has 0 saturated heterocycles. The number of nitrogens with two attached hydrogens (primary N) is 1. The van der Waals surface area contributed by atoms with Crippen molar-refractivity contribution in [2.45, 2.75) is 13.3 Å². The van der Waals surface area contributed by atoms with Crippen molar-refractivity contribution in [3.8, 4) is 0 Å². The molecule has 0 aromatic rings. The highest BCUT2D eigenvalue weighted by atomic mass is 16.5. The molecule has 0 amide bonds. The molecule has 0 unspecified atom stereocenters. The maximum atomic E-state index is 5.28. The molecule has 0 atom stereocenters. The van der Waals surface area contributed by atoms with Crippen LogP contribution in [0.5, 0.6) is 0 Å². The highest BCUT2D eigenvalue weighted by Crippen LogP contribution is 1.93. The molecule has 0 aromatic carbocycles. The maximum absolute atomic E-state index is 5.28. The molecular weight excluding hydrogens is 180 g/mol. The first-order valence-corrected chi connectivity index (χ1v) is 4.87. The monoisotopic (exact) mass is 202 g/mol. The molecule has 0 aliphatic carbocycles. The van der Waals surface area contributed by atoms with E-state index in [0.29, 0.717) is 0 Å². The predicted molar refractivity (Wildman–Crippen MR) is 59.0 cm³/mol. The first kappa shape index (κ1) is 13.0. The Hall–Kier alpha value is -0.970. The first-order chi connectivity index (χ1) is 6.63.